The van der Waals surface area contributed by atoms with Crippen LogP contribution < -0.4 is 9.92 Å². The first-order chi connectivity index (χ1) is 13.5. The van der Waals surface area contributed by atoms with Gasteiger partial charge >= 0.3 is 7.12 Å². The normalized spacial score (nSPS) is 18.7. The molecular weight excluding hydrogens is 375 g/mol. The van der Waals surface area contributed by atoms with Crippen molar-refractivity contribution in [3.05, 3.63) is 65.4 Å². The molecule has 0 spiro atoms. The largest absolute Gasteiger partial charge is 0.497 e. The molecule has 3 rings (SSSR count). The summed E-state index contributed by atoms with van der Waals surface area (Å²) < 4.78 is 18.0. The molecule has 1 heterocycles. The van der Waals surface area contributed by atoms with Gasteiger partial charge in [-0.3, -0.25) is 0 Å². The Labute approximate surface area is 177 Å². The summed E-state index contributed by atoms with van der Waals surface area (Å²) in [5, 5.41) is 2.82. The van der Waals surface area contributed by atoms with Crippen LogP contribution in [-0.4, -0.2) is 33.5 Å². The molecule has 5 heteroatoms. The number of benzene rings is 2. The predicted octanol–water partition coefficient (Wildman–Crippen LogP) is 5.33. The zero-order chi connectivity index (χ0) is 21.3. The third kappa shape index (κ3) is 4.68. The number of hydrogen-bond acceptors (Lipinski definition) is 3. The van der Waals surface area contributed by atoms with E-state index in [2.05, 4.69) is 89.3 Å². The van der Waals surface area contributed by atoms with Crippen LogP contribution in [-0.2, 0) is 9.31 Å². The van der Waals surface area contributed by atoms with E-state index in [-0.39, 0.29) is 18.3 Å². The monoisotopic (exact) mass is 408 g/mol. The predicted molar refractivity (Wildman–Crippen MR) is 125 cm³/mol. The van der Waals surface area contributed by atoms with Crippen LogP contribution in [0.1, 0.15) is 33.3 Å². The summed E-state index contributed by atoms with van der Waals surface area (Å²) in [4.78, 5) is 0. The highest BCUT2D eigenvalue weighted by atomic mass is 28.3. The molecule has 1 aliphatic heterocycles. The minimum atomic E-state index is -1.90. The third-order valence-electron chi connectivity index (χ3n) is 6.44. The molecule has 0 saturated carbocycles. The molecule has 2 aromatic rings. The minimum absolute atomic E-state index is 0.236. The lowest BCUT2D eigenvalue weighted by Crippen LogP contribution is -2.45. The molecule has 0 atom stereocenters. The van der Waals surface area contributed by atoms with Gasteiger partial charge in [0.25, 0.3) is 0 Å². The van der Waals surface area contributed by atoms with Crippen molar-refractivity contribution in [2.75, 3.05) is 7.11 Å². The highest BCUT2D eigenvalue weighted by Crippen LogP contribution is 2.39. The Morgan fingerprint density at radius 3 is 2.00 bits per heavy atom. The van der Waals surface area contributed by atoms with Crippen LogP contribution in [0.3, 0.4) is 0 Å². The molecule has 0 N–H and O–H groups in total. The fourth-order valence-corrected chi connectivity index (χ4v) is 6.27. The molecule has 0 aromatic heterocycles. The molecule has 0 amide bonds. The van der Waals surface area contributed by atoms with Crippen LogP contribution in [0.5, 0.6) is 5.75 Å². The van der Waals surface area contributed by atoms with Crippen molar-refractivity contribution in [1.82, 2.24) is 0 Å². The van der Waals surface area contributed by atoms with E-state index in [1.165, 1.54) is 15.9 Å². The zero-order valence-electron chi connectivity index (χ0n) is 18.8. The van der Waals surface area contributed by atoms with Gasteiger partial charge in [0.05, 0.1) is 18.3 Å². The first kappa shape index (κ1) is 21.9. The second-order valence-electron chi connectivity index (χ2n) is 9.32. The summed E-state index contributed by atoms with van der Waals surface area (Å²) in [6.07, 6.45) is 3.09. The number of rotatable bonds is 6. The van der Waals surface area contributed by atoms with Crippen molar-refractivity contribution in [2.24, 2.45) is 0 Å². The molecule has 0 bridgehead atoms. The Balaban J connectivity index is 1.96. The molecule has 1 fully saturated rings. The Morgan fingerprint density at radius 2 is 1.48 bits per heavy atom. The summed E-state index contributed by atoms with van der Waals surface area (Å²) in [5.74, 6) is 0.870. The van der Waals surface area contributed by atoms with Crippen LogP contribution in [0.4, 0.5) is 0 Å². The van der Waals surface area contributed by atoms with E-state index in [0.717, 1.165) is 12.1 Å². The number of methoxy groups -OCH3 is 1. The average Bonchev–Trinajstić information content (AvgIpc) is 2.88. The Bertz CT molecular complexity index is 841. The SMILES string of the molecule is COc1ccc(/C=C(/CB2OC(C)(C)C(C)(C)O2)[Si](C)(C)c2ccccc2)cc1. The fourth-order valence-electron chi connectivity index (χ4n) is 3.66. The van der Waals surface area contributed by atoms with E-state index in [9.17, 15) is 0 Å². The van der Waals surface area contributed by atoms with E-state index >= 15 is 0 Å². The van der Waals surface area contributed by atoms with E-state index in [0.29, 0.717) is 0 Å². The third-order valence-corrected chi connectivity index (χ3v) is 10.2. The number of allylic oxidation sites excluding steroid dienone is 1. The minimum Gasteiger partial charge on any atom is -0.497 e. The van der Waals surface area contributed by atoms with Gasteiger partial charge in [0.1, 0.15) is 13.8 Å². The van der Waals surface area contributed by atoms with E-state index in [1.807, 2.05) is 12.1 Å². The van der Waals surface area contributed by atoms with Crippen molar-refractivity contribution < 1.29 is 14.0 Å². The van der Waals surface area contributed by atoms with E-state index in [4.69, 9.17) is 14.0 Å². The van der Waals surface area contributed by atoms with Crippen LogP contribution in [0.15, 0.2) is 59.8 Å². The molecule has 1 saturated heterocycles. The average molecular weight is 408 g/mol. The number of ether oxygens (including phenoxy) is 1. The molecule has 0 radical (unpaired) electrons. The van der Waals surface area contributed by atoms with Crippen LogP contribution in [0.25, 0.3) is 6.08 Å². The van der Waals surface area contributed by atoms with Gasteiger partial charge in [-0.25, -0.2) is 0 Å². The highest BCUT2D eigenvalue weighted by Gasteiger charge is 2.51. The van der Waals surface area contributed by atoms with Crippen molar-refractivity contribution >= 4 is 26.5 Å². The molecule has 154 valence electrons. The first-order valence-corrected chi connectivity index (χ1v) is 13.3. The van der Waals surface area contributed by atoms with Crippen molar-refractivity contribution in [3.8, 4) is 5.75 Å². The molecule has 0 unspecified atom stereocenters. The van der Waals surface area contributed by atoms with E-state index < -0.39 is 8.07 Å². The molecule has 2 aromatic carbocycles. The van der Waals surface area contributed by atoms with Gasteiger partial charge in [-0.15, -0.1) is 0 Å². The van der Waals surface area contributed by atoms with Crippen molar-refractivity contribution in [1.29, 1.82) is 0 Å². The maximum atomic E-state index is 6.34. The Hall–Kier alpha value is -1.82. The van der Waals surface area contributed by atoms with E-state index in [1.54, 1.807) is 7.11 Å². The van der Waals surface area contributed by atoms with Gasteiger partial charge in [0.15, 0.2) is 0 Å². The van der Waals surface area contributed by atoms with Gasteiger partial charge in [0, 0.05) is 6.32 Å². The standard InChI is InChI=1S/C24H33BO3Si/c1-23(2)24(3,4)28-25(27-23)18-22(17-19-13-15-20(26-5)16-14-19)29(6,7)21-11-9-8-10-12-21/h8-17H,18H2,1-7H3/b22-17-. The van der Waals surface area contributed by atoms with Crippen LogP contribution in [0, 0.1) is 0 Å². The first-order valence-electron chi connectivity index (χ1n) is 10.3. The smallest absolute Gasteiger partial charge is 0.461 e. The highest BCUT2D eigenvalue weighted by molar-refractivity contribution is 6.96. The molecule has 29 heavy (non-hydrogen) atoms. The molecule has 1 aliphatic rings. The van der Waals surface area contributed by atoms with Crippen LogP contribution in [0.2, 0.25) is 19.4 Å². The summed E-state index contributed by atoms with van der Waals surface area (Å²) in [7, 11) is -0.446. The second kappa shape index (κ2) is 8.13. The fraction of sp³-hybridized carbons (Fsp3) is 0.417. The lowest BCUT2D eigenvalue weighted by molar-refractivity contribution is 0.00578. The number of hydrogen-bond donors (Lipinski definition) is 0. The molecule has 3 nitrogen and oxygen atoms in total. The van der Waals surface area contributed by atoms with Crippen LogP contribution >= 0.6 is 0 Å². The maximum Gasteiger partial charge on any atom is 0.461 e. The summed E-state index contributed by atoms with van der Waals surface area (Å²) >= 11 is 0. The summed E-state index contributed by atoms with van der Waals surface area (Å²) in [6.45, 7) is 13.3. The summed E-state index contributed by atoms with van der Waals surface area (Å²) in [6, 6.07) is 19.1. The lowest BCUT2D eigenvalue weighted by atomic mass is 9.84. The topological polar surface area (TPSA) is 27.7 Å². The van der Waals surface area contributed by atoms with Gasteiger partial charge in [0.2, 0.25) is 0 Å². The molecular formula is C24H33BO3Si. The van der Waals surface area contributed by atoms with Crippen molar-refractivity contribution in [3.63, 3.8) is 0 Å². The van der Waals surface area contributed by atoms with Gasteiger partial charge < -0.3 is 14.0 Å². The van der Waals surface area contributed by atoms with Gasteiger partial charge in [-0.1, -0.05) is 72.0 Å². The van der Waals surface area contributed by atoms with Gasteiger partial charge in [-0.05, 0) is 45.4 Å². The maximum absolute atomic E-state index is 6.34. The van der Waals surface area contributed by atoms with Crippen molar-refractivity contribution in [2.45, 2.75) is 58.3 Å². The Kier molecular flexibility index (Phi) is 6.14. The zero-order valence-corrected chi connectivity index (χ0v) is 19.8. The molecule has 0 aliphatic carbocycles. The Morgan fingerprint density at radius 1 is 0.931 bits per heavy atom. The quantitative estimate of drug-likeness (QED) is 0.605. The van der Waals surface area contributed by atoms with Gasteiger partial charge in [-0.2, -0.15) is 0 Å². The lowest BCUT2D eigenvalue weighted by Gasteiger charge is -2.32. The second-order valence-corrected chi connectivity index (χ2v) is 13.8. The summed E-state index contributed by atoms with van der Waals surface area (Å²) in [5.41, 5.74) is 0.539.